The smallest absolute Gasteiger partial charge is 0.171 e. The second-order valence-electron chi connectivity index (χ2n) is 5.33. The summed E-state index contributed by atoms with van der Waals surface area (Å²) in [6, 6.07) is 7.44. The van der Waals surface area contributed by atoms with Crippen molar-refractivity contribution in [3.05, 3.63) is 41.1 Å². The fraction of sp³-hybridized carbons (Fsp3) is 0.375. The average molecular weight is 304 g/mol. The van der Waals surface area contributed by atoms with Crippen molar-refractivity contribution in [1.29, 1.82) is 0 Å². The van der Waals surface area contributed by atoms with Gasteiger partial charge in [0.25, 0.3) is 0 Å². The van der Waals surface area contributed by atoms with Gasteiger partial charge >= 0.3 is 0 Å². The summed E-state index contributed by atoms with van der Waals surface area (Å²) in [5.41, 5.74) is 2.39. The fourth-order valence-corrected chi connectivity index (χ4v) is 2.75. The van der Waals surface area contributed by atoms with Crippen molar-refractivity contribution >= 4 is 23.1 Å². The molecule has 0 spiro atoms. The van der Waals surface area contributed by atoms with E-state index in [-0.39, 0.29) is 17.9 Å². The summed E-state index contributed by atoms with van der Waals surface area (Å²) < 4.78 is 5.86. The normalized spacial score (nSPS) is 18.3. The van der Waals surface area contributed by atoms with Crippen molar-refractivity contribution in [3.63, 3.8) is 0 Å². The first-order valence-corrected chi connectivity index (χ1v) is 7.35. The number of carbonyl (C=O) groups is 1. The molecule has 1 aliphatic rings. The Balaban J connectivity index is 2.51. The van der Waals surface area contributed by atoms with E-state index in [0.29, 0.717) is 10.7 Å². The molecule has 4 nitrogen and oxygen atoms in total. The van der Waals surface area contributed by atoms with Gasteiger partial charge in [0.05, 0.1) is 12.1 Å². The highest BCUT2D eigenvalue weighted by Gasteiger charge is 2.29. The zero-order valence-electron chi connectivity index (χ0n) is 12.7. The van der Waals surface area contributed by atoms with E-state index in [1.807, 2.05) is 45.0 Å². The maximum Gasteiger partial charge on any atom is 0.171 e. The molecule has 0 amide bonds. The number of nitrogens with one attached hydrogen (secondary N) is 2. The summed E-state index contributed by atoms with van der Waals surface area (Å²) in [5.74, 6) is 0.778. The third-order valence-corrected chi connectivity index (χ3v) is 3.46. The quantitative estimate of drug-likeness (QED) is 0.838. The molecular weight excluding hydrogens is 284 g/mol. The van der Waals surface area contributed by atoms with Gasteiger partial charge in [-0.1, -0.05) is 18.2 Å². The standard InChI is InChI=1S/C16H20N2O2S/c1-9(2)20-13-8-6-5-7-12(13)15-14(11(4)19)10(3)17-16(21)18-15/h5-9,15H,1-4H3,(H2,17,18,21)/t15-/m0/s1. The minimum Gasteiger partial charge on any atom is -0.491 e. The van der Waals surface area contributed by atoms with Gasteiger partial charge < -0.3 is 15.4 Å². The lowest BCUT2D eigenvalue weighted by Crippen LogP contribution is -2.44. The number of rotatable bonds is 4. The van der Waals surface area contributed by atoms with E-state index in [0.717, 1.165) is 17.0 Å². The molecule has 1 atom stereocenters. The van der Waals surface area contributed by atoms with Gasteiger partial charge in [0.2, 0.25) is 0 Å². The lowest BCUT2D eigenvalue weighted by molar-refractivity contribution is -0.114. The van der Waals surface area contributed by atoms with Gasteiger partial charge in [0, 0.05) is 16.8 Å². The van der Waals surface area contributed by atoms with Gasteiger partial charge in [0.1, 0.15) is 5.75 Å². The Labute approximate surface area is 130 Å². The summed E-state index contributed by atoms with van der Waals surface area (Å²) in [5, 5.41) is 6.69. The first-order valence-electron chi connectivity index (χ1n) is 6.95. The molecule has 21 heavy (non-hydrogen) atoms. The van der Waals surface area contributed by atoms with Crippen LogP contribution in [0.1, 0.15) is 39.3 Å². The van der Waals surface area contributed by atoms with Gasteiger partial charge in [0.15, 0.2) is 10.9 Å². The van der Waals surface area contributed by atoms with Crippen molar-refractivity contribution in [3.8, 4) is 5.75 Å². The van der Waals surface area contributed by atoms with Crippen LogP contribution in [-0.2, 0) is 4.79 Å². The van der Waals surface area contributed by atoms with Crippen LogP contribution in [0.15, 0.2) is 35.5 Å². The highest BCUT2D eigenvalue weighted by atomic mass is 32.1. The third-order valence-electron chi connectivity index (χ3n) is 3.24. The number of thiocarbonyl (C=S) groups is 1. The number of ether oxygens (including phenoxy) is 1. The molecule has 0 bridgehead atoms. The minimum absolute atomic E-state index is 0.0133. The molecule has 1 aromatic rings. The van der Waals surface area contributed by atoms with E-state index in [1.54, 1.807) is 6.92 Å². The lowest BCUT2D eigenvalue weighted by atomic mass is 9.92. The average Bonchev–Trinajstić information content (AvgIpc) is 2.37. The Hall–Kier alpha value is -1.88. The van der Waals surface area contributed by atoms with E-state index in [2.05, 4.69) is 10.6 Å². The van der Waals surface area contributed by atoms with Gasteiger partial charge in [-0.3, -0.25) is 4.79 Å². The number of Topliss-reactive ketones (excluding diaryl/α,β-unsaturated/α-hetero) is 1. The summed E-state index contributed by atoms with van der Waals surface area (Å²) in [6.45, 7) is 7.38. The van der Waals surface area contributed by atoms with Crippen LogP contribution in [0, 0.1) is 0 Å². The molecular formula is C16H20N2O2S. The van der Waals surface area contributed by atoms with Crippen LogP contribution in [0.3, 0.4) is 0 Å². The van der Waals surface area contributed by atoms with Crippen LogP contribution < -0.4 is 15.4 Å². The number of carbonyl (C=O) groups excluding carboxylic acids is 1. The van der Waals surface area contributed by atoms with Crippen LogP contribution in [0.25, 0.3) is 0 Å². The van der Waals surface area contributed by atoms with Crippen LogP contribution in [0.4, 0.5) is 0 Å². The molecule has 1 aromatic carbocycles. The summed E-state index contributed by atoms with van der Waals surface area (Å²) >= 11 is 5.22. The van der Waals surface area contributed by atoms with Gasteiger partial charge in [-0.05, 0) is 46.0 Å². The van der Waals surface area contributed by atoms with Crippen LogP contribution in [0.2, 0.25) is 0 Å². The number of ketones is 1. The summed E-state index contributed by atoms with van der Waals surface area (Å²) in [6.07, 6.45) is 0.0608. The second kappa shape index (κ2) is 6.26. The number of para-hydroxylation sites is 1. The maximum atomic E-state index is 12.0. The Morgan fingerprint density at radius 3 is 2.62 bits per heavy atom. The van der Waals surface area contributed by atoms with E-state index in [4.69, 9.17) is 17.0 Å². The van der Waals surface area contributed by atoms with E-state index in [9.17, 15) is 4.79 Å². The summed E-state index contributed by atoms with van der Waals surface area (Å²) in [7, 11) is 0. The fourth-order valence-electron chi connectivity index (χ4n) is 2.47. The maximum absolute atomic E-state index is 12.0. The van der Waals surface area contributed by atoms with Crippen molar-refractivity contribution < 1.29 is 9.53 Å². The molecule has 0 unspecified atom stereocenters. The van der Waals surface area contributed by atoms with Crippen molar-refractivity contribution in [2.75, 3.05) is 0 Å². The first kappa shape index (κ1) is 15.5. The van der Waals surface area contributed by atoms with Gasteiger partial charge in [-0.15, -0.1) is 0 Å². The van der Waals surface area contributed by atoms with Crippen molar-refractivity contribution in [2.24, 2.45) is 0 Å². The van der Waals surface area contributed by atoms with E-state index < -0.39 is 0 Å². The monoisotopic (exact) mass is 304 g/mol. The Morgan fingerprint density at radius 1 is 1.33 bits per heavy atom. The lowest BCUT2D eigenvalue weighted by Gasteiger charge is -2.31. The molecule has 1 heterocycles. The van der Waals surface area contributed by atoms with Crippen LogP contribution >= 0.6 is 12.2 Å². The second-order valence-corrected chi connectivity index (χ2v) is 5.74. The Bertz CT molecular complexity index is 608. The number of hydrogen-bond donors (Lipinski definition) is 2. The van der Waals surface area contributed by atoms with Crippen LogP contribution in [0.5, 0.6) is 5.75 Å². The topological polar surface area (TPSA) is 50.4 Å². The van der Waals surface area contributed by atoms with Crippen molar-refractivity contribution in [2.45, 2.75) is 39.8 Å². The third kappa shape index (κ3) is 3.42. The zero-order chi connectivity index (χ0) is 15.6. The molecule has 5 heteroatoms. The molecule has 0 aromatic heterocycles. The highest BCUT2D eigenvalue weighted by molar-refractivity contribution is 7.80. The molecule has 0 saturated heterocycles. The molecule has 0 aliphatic carbocycles. The molecule has 2 rings (SSSR count). The Kier molecular flexibility index (Phi) is 4.63. The molecule has 0 saturated carbocycles. The SMILES string of the molecule is CC(=O)C1=C(C)NC(=S)N[C@H]1c1ccccc1OC(C)C. The largest absolute Gasteiger partial charge is 0.491 e. The van der Waals surface area contributed by atoms with E-state index in [1.165, 1.54) is 0 Å². The predicted molar refractivity (Wildman–Crippen MR) is 87.2 cm³/mol. The summed E-state index contributed by atoms with van der Waals surface area (Å²) in [4.78, 5) is 12.0. The number of hydrogen-bond acceptors (Lipinski definition) is 3. The highest BCUT2D eigenvalue weighted by Crippen LogP contribution is 2.33. The van der Waals surface area contributed by atoms with Gasteiger partial charge in [-0.2, -0.15) is 0 Å². The Morgan fingerprint density at radius 2 is 2.00 bits per heavy atom. The minimum atomic E-state index is -0.286. The van der Waals surface area contributed by atoms with Crippen molar-refractivity contribution in [1.82, 2.24) is 10.6 Å². The van der Waals surface area contributed by atoms with Crippen LogP contribution in [-0.4, -0.2) is 17.0 Å². The molecule has 2 N–H and O–H groups in total. The zero-order valence-corrected chi connectivity index (χ0v) is 13.5. The molecule has 1 aliphatic heterocycles. The van der Waals surface area contributed by atoms with Gasteiger partial charge in [-0.25, -0.2) is 0 Å². The number of benzene rings is 1. The predicted octanol–water partition coefficient (Wildman–Crippen LogP) is 2.86. The number of allylic oxidation sites excluding steroid dienone is 1. The first-order chi connectivity index (χ1) is 9.90. The molecule has 112 valence electrons. The molecule has 0 fully saturated rings. The van der Waals surface area contributed by atoms with E-state index >= 15 is 0 Å². The molecule has 0 radical (unpaired) electrons.